The average Bonchev–Trinajstić information content (AvgIpc) is 2.17. The highest BCUT2D eigenvalue weighted by molar-refractivity contribution is 5.76. The van der Waals surface area contributed by atoms with Crippen molar-refractivity contribution in [3.63, 3.8) is 0 Å². The zero-order chi connectivity index (χ0) is 10.8. The molecule has 1 saturated heterocycles. The van der Waals surface area contributed by atoms with Gasteiger partial charge in [-0.15, -0.1) is 0 Å². The van der Waals surface area contributed by atoms with E-state index in [1.165, 1.54) is 7.11 Å². The fourth-order valence-corrected chi connectivity index (χ4v) is 1.37. The molecule has 0 spiro atoms. The first-order chi connectivity index (χ1) is 6.49. The third-order valence-electron chi connectivity index (χ3n) is 2.35. The van der Waals surface area contributed by atoms with Gasteiger partial charge in [0.05, 0.1) is 20.3 Å². The molecule has 4 heteroatoms. The molecule has 0 saturated carbocycles. The van der Waals surface area contributed by atoms with Crippen molar-refractivity contribution < 1.29 is 19.0 Å². The molecule has 0 amide bonds. The molecule has 14 heavy (non-hydrogen) atoms. The zero-order valence-corrected chi connectivity index (χ0v) is 9.20. The molecule has 0 radical (unpaired) electrons. The van der Waals surface area contributed by atoms with Gasteiger partial charge in [0.15, 0.2) is 6.29 Å². The molecule has 1 fully saturated rings. The SMILES string of the molecule is COC(=O)C1(C)COC(C(C)C)OC1. The number of methoxy groups -OCH3 is 1. The lowest BCUT2D eigenvalue weighted by Gasteiger charge is -2.36. The molecular weight excluding hydrogens is 184 g/mol. The number of rotatable bonds is 2. The van der Waals surface area contributed by atoms with Crippen LogP contribution in [0.25, 0.3) is 0 Å². The molecule has 0 N–H and O–H groups in total. The second-order valence-corrected chi connectivity index (χ2v) is 4.29. The second kappa shape index (κ2) is 4.28. The van der Waals surface area contributed by atoms with Gasteiger partial charge in [0.25, 0.3) is 0 Å². The zero-order valence-electron chi connectivity index (χ0n) is 9.20. The summed E-state index contributed by atoms with van der Waals surface area (Å²) in [4.78, 5) is 11.4. The number of carbonyl (C=O) groups is 1. The maximum Gasteiger partial charge on any atom is 0.316 e. The number of hydrogen-bond acceptors (Lipinski definition) is 4. The monoisotopic (exact) mass is 202 g/mol. The van der Waals surface area contributed by atoms with Crippen molar-refractivity contribution in [2.24, 2.45) is 11.3 Å². The molecule has 1 rings (SSSR count). The minimum absolute atomic E-state index is 0.201. The highest BCUT2D eigenvalue weighted by Crippen LogP contribution is 2.27. The number of hydrogen-bond donors (Lipinski definition) is 0. The van der Waals surface area contributed by atoms with Crippen molar-refractivity contribution in [3.8, 4) is 0 Å². The van der Waals surface area contributed by atoms with E-state index in [9.17, 15) is 4.79 Å². The van der Waals surface area contributed by atoms with E-state index in [1.54, 1.807) is 6.92 Å². The summed E-state index contributed by atoms with van der Waals surface area (Å²) in [5.74, 6) is 0.0249. The van der Waals surface area contributed by atoms with Crippen molar-refractivity contribution in [1.82, 2.24) is 0 Å². The van der Waals surface area contributed by atoms with E-state index in [4.69, 9.17) is 9.47 Å². The van der Waals surface area contributed by atoms with Gasteiger partial charge >= 0.3 is 5.97 Å². The molecule has 4 nitrogen and oxygen atoms in total. The number of carbonyl (C=O) groups excluding carboxylic acids is 1. The summed E-state index contributed by atoms with van der Waals surface area (Å²) in [6, 6.07) is 0. The maximum atomic E-state index is 11.4. The lowest BCUT2D eigenvalue weighted by atomic mass is 9.92. The Labute approximate surface area is 84.5 Å². The Morgan fingerprint density at radius 3 is 2.29 bits per heavy atom. The van der Waals surface area contributed by atoms with Crippen molar-refractivity contribution in [3.05, 3.63) is 0 Å². The van der Waals surface area contributed by atoms with Crippen molar-refractivity contribution in [2.75, 3.05) is 20.3 Å². The van der Waals surface area contributed by atoms with Crippen LogP contribution in [0.2, 0.25) is 0 Å². The lowest BCUT2D eigenvalue weighted by Crippen LogP contribution is -2.46. The number of esters is 1. The Kier molecular flexibility index (Phi) is 3.50. The largest absolute Gasteiger partial charge is 0.468 e. The molecule has 0 atom stereocenters. The van der Waals surface area contributed by atoms with Crippen LogP contribution in [0.5, 0.6) is 0 Å². The summed E-state index contributed by atoms with van der Waals surface area (Å²) in [6.07, 6.45) is -0.201. The van der Waals surface area contributed by atoms with Crippen LogP contribution in [-0.4, -0.2) is 32.6 Å². The summed E-state index contributed by atoms with van der Waals surface area (Å²) in [5.41, 5.74) is -0.653. The van der Waals surface area contributed by atoms with Crippen LogP contribution >= 0.6 is 0 Å². The van der Waals surface area contributed by atoms with Gasteiger partial charge in [-0.05, 0) is 6.92 Å². The molecule has 0 aliphatic carbocycles. The van der Waals surface area contributed by atoms with Gasteiger partial charge in [0.2, 0.25) is 0 Å². The van der Waals surface area contributed by atoms with E-state index in [0.29, 0.717) is 19.1 Å². The minimum atomic E-state index is -0.653. The van der Waals surface area contributed by atoms with Crippen LogP contribution in [0.1, 0.15) is 20.8 Å². The molecule has 0 bridgehead atoms. The van der Waals surface area contributed by atoms with E-state index < -0.39 is 5.41 Å². The fraction of sp³-hybridized carbons (Fsp3) is 0.900. The average molecular weight is 202 g/mol. The quantitative estimate of drug-likeness (QED) is 0.631. The predicted octanol–water partition coefficient (Wildman–Crippen LogP) is 1.19. The molecule has 82 valence electrons. The summed E-state index contributed by atoms with van der Waals surface area (Å²) in [7, 11) is 1.38. The molecule has 0 aromatic carbocycles. The fourth-order valence-electron chi connectivity index (χ4n) is 1.37. The summed E-state index contributed by atoms with van der Waals surface area (Å²) >= 11 is 0. The first-order valence-electron chi connectivity index (χ1n) is 4.81. The molecule has 0 aromatic rings. The Morgan fingerprint density at radius 1 is 1.43 bits per heavy atom. The van der Waals surface area contributed by atoms with Crippen LogP contribution < -0.4 is 0 Å². The maximum absolute atomic E-state index is 11.4. The van der Waals surface area contributed by atoms with E-state index in [2.05, 4.69) is 4.74 Å². The molecule has 0 aromatic heterocycles. The summed E-state index contributed by atoms with van der Waals surface area (Å²) < 4.78 is 15.6. The molecule has 0 unspecified atom stereocenters. The smallest absolute Gasteiger partial charge is 0.316 e. The highest BCUT2D eigenvalue weighted by Gasteiger charge is 2.40. The summed E-state index contributed by atoms with van der Waals surface area (Å²) in [5, 5.41) is 0. The third-order valence-corrected chi connectivity index (χ3v) is 2.35. The van der Waals surface area contributed by atoms with E-state index in [0.717, 1.165) is 0 Å². The van der Waals surface area contributed by atoms with E-state index in [-0.39, 0.29) is 12.3 Å². The predicted molar refractivity (Wildman–Crippen MR) is 50.7 cm³/mol. The number of ether oxygens (including phenoxy) is 3. The van der Waals surface area contributed by atoms with E-state index >= 15 is 0 Å². The van der Waals surface area contributed by atoms with Gasteiger partial charge in [0.1, 0.15) is 5.41 Å². The van der Waals surface area contributed by atoms with Gasteiger partial charge in [-0.25, -0.2) is 0 Å². The lowest BCUT2D eigenvalue weighted by molar-refractivity contribution is -0.245. The van der Waals surface area contributed by atoms with Crippen molar-refractivity contribution >= 4 is 5.97 Å². The standard InChI is InChI=1S/C10H18O4/c1-7(2)8-13-5-10(3,6-14-8)9(11)12-4/h7-8H,5-6H2,1-4H3. The first-order valence-corrected chi connectivity index (χ1v) is 4.81. The van der Waals surface area contributed by atoms with Crippen molar-refractivity contribution in [1.29, 1.82) is 0 Å². The van der Waals surface area contributed by atoms with E-state index in [1.807, 2.05) is 13.8 Å². The normalized spacial score (nSPS) is 33.1. The molecule has 1 aliphatic rings. The Morgan fingerprint density at radius 2 is 1.93 bits per heavy atom. The van der Waals surface area contributed by atoms with Gasteiger partial charge in [-0.3, -0.25) is 4.79 Å². The van der Waals surface area contributed by atoms with Crippen LogP contribution in [0.4, 0.5) is 0 Å². The Balaban J connectivity index is 2.53. The summed E-state index contributed by atoms with van der Waals surface area (Å²) in [6.45, 7) is 6.55. The van der Waals surface area contributed by atoms with Crippen LogP contribution in [0.15, 0.2) is 0 Å². The second-order valence-electron chi connectivity index (χ2n) is 4.29. The topological polar surface area (TPSA) is 44.8 Å². The Bertz CT molecular complexity index is 204. The van der Waals surface area contributed by atoms with Crippen molar-refractivity contribution in [2.45, 2.75) is 27.1 Å². The van der Waals surface area contributed by atoms with Gasteiger partial charge in [-0.1, -0.05) is 13.8 Å². The minimum Gasteiger partial charge on any atom is -0.468 e. The molecular formula is C10H18O4. The highest BCUT2D eigenvalue weighted by atomic mass is 16.7. The van der Waals surface area contributed by atoms with Crippen LogP contribution in [0, 0.1) is 11.3 Å². The molecule has 1 heterocycles. The van der Waals surface area contributed by atoms with Gasteiger partial charge < -0.3 is 14.2 Å². The first kappa shape index (κ1) is 11.5. The van der Waals surface area contributed by atoms with Crippen LogP contribution in [0.3, 0.4) is 0 Å². The Hall–Kier alpha value is -0.610. The van der Waals surface area contributed by atoms with Gasteiger partial charge in [0, 0.05) is 5.92 Å². The van der Waals surface area contributed by atoms with Crippen LogP contribution in [-0.2, 0) is 19.0 Å². The molecule has 1 aliphatic heterocycles. The van der Waals surface area contributed by atoms with Gasteiger partial charge in [-0.2, -0.15) is 0 Å². The third kappa shape index (κ3) is 2.25.